The quantitative estimate of drug-likeness (QED) is 0.484. The van der Waals surface area contributed by atoms with Gasteiger partial charge in [-0.1, -0.05) is 48.5 Å². The van der Waals surface area contributed by atoms with E-state index in [1.54, 1.807) is 25.2 Å². The molecule has 1 aliphatic heterocycles. The summed E-state index contributed by atoms with van der Waals surface area (Å²) in [6.45, 7) is -1.02. The number of halogens is 2. The van der Waals surface area contributed by atoms with E-state index < -0.39 is 6.61 Å². The van der Waals surface area contributed by atoms with E-state index in [1.165, 1.54) is 11.6 Å². The second kappa shape index (κ2) is 12.0. The van der Waals surface area contributed by atoms with Crippen molar-refractivity contribution in [2.24, 2.45) is 10.9 Å². The first-order chi connectivity index (χ1) is 15.5. The average Bonchev–Trinajstić information content (AvgIpc) is 2.81. The molecule has 8 heteroatoms. The van der Waals surface area contributed by atoms with Crippen LogP contribution in [-0.2, 0) is 17.8 Å². The lowest BCUT2D eigenvalue weighted by Gasteiger charge is -2.32. The number of likely N-dealkylation sites (tertiary alicyclic amines) is 1. The van der Waals surface area contributed by atoms with Crippen LogP contribution in [0.3, 0.4) is 0 Å². The second-order valence-corrected chi connectivity index (χ2v) is 7.78. The first-order valence-corrected chi connectivity index (χ1v) is 10.8. The van der Waals surface area contributed by atoms with Crippen LogP contribution in [0.25, 0.3) is 0 Å². The summed E-state index contributed by atoms with van der Waals surface area (Å²) in [7, 11) is 1.59. The maximum Gasteiger partial charge on any atom is 0.387 e. The third-order valence-corrected chi connectivity index (χ3v) is 5.60. The molecule has 3 rings (SSSR count). The fourth-order valence-corrected chi connectivity index (χ4v) is 3.87. The molecule has 0 bridgehead atoms. The summed E-state index contributed by atoms with van der Waals surface area (Å²) < 4.78 is 29.7. The molecule has 0 atom stereocenters. The van der Waals surface area contributed by atoms with Crippen molar-refractivity contribution in [2.75, 3.05) is 26.7 Å². The van der Waals surface area contributed by atoms with Gasteiger partial charge in [0, 0.05) is 32.2 Å². The summed E-state index contributed by atoms with van der Waals surface area (Å²) in [5.41, 5.74) is 1.91. The van der Waals surface area contributed by atoms with Gasteiger partial charge in [-0.25, -0.2) is 0 Å². The normalized spacial score (nSPS) is 15.0. The van der Waals surface area contributed by atoms with Crippen LogP contribution in [0.5, 0.6) is 5.75 Å². The highest BCUT2D eigenvalue weighted by molar-refractivity contribution is 5.86. The minimum atomic E-state index is -2.89. The zero-order chi connectivity index (χ0) is 22.8. The molecule has 1 amide bonds. The van der Waals surface area contributed by atoms with Gasteiger partial charge in [0.1, 0.15) is 5.75 Å². The van der Waals surface area contributed by atoms with Crippen molar-refractivity contribution >= 4 is 11.9 Å². The van der Waals surface area contributed by atoms with E-state index in [1.807, 2.05) is 11.0 Å². The van der Waals surface area contributed by atoms with Crippen LogP contribution in [0.1, 0.15) is 24.0 Å². The van der Waals surface area contributed by atoms with Crippen LogP contribution < -0.4 is 15.4 Å². The van der Waals surface area contributed by atoms with Crippen LogP contribution in [0.15, 0.2) is 59.6 Å². The van der Waals surface area contributed by atoms with E-state index in [0.29, 0.717) is 17.4 Å². The number of piperidine rings is 1. The monoisotopic (exact) mass is 444 g/mol. The summed E-state index contributed by atoms with van der Waals surface area (Å²) in [5.74, 6) is 1.15. The van der Waals surface area contributed by atoms with Gasteiger partial charge in [-0.2, -0.15) is 8.78 Å². The molecule has 0 aromatic heterocycles. The third-order valence-electron chi connectivity index (χ3n) is 5.60. The summed E-state index contributed by atoms with van der Waals surface area (Å²) in [6.07, 6.45) is 3.04. The van der Waals surface area contributed by atoms with E-state index in [-0.39, 0.29) is 24.7 Å². The highest BCUT2D eigenvalue weighted by atomic mass is 19.3. The molecule has 1 heterocycles. The molecule has 0 saturated carbocycles. The van der Waals surface area contributed by atoms with Crippen LogP contribution in [0.4, 0.5) is 8.78 Å². The number of hydrogen-bond donors (Lipinski definition) is 2. The molecule has 0 unspecified atom stereocenters. The van der Waals surface area contributed by atoms with Gasteiger partial charge in [-0.15, -0.1) is 0 Å². The van der Waals surface area contributed by atoms with Gasteiger partial charge in [0.25, 0.3) is 0 Å². The van der Waals surface area contributed by atoms with Crippen LogP contribution >= 0.6 is 0 Å². The number of nitrogens with zero attached hydrogens (tertiary/aromatic N) is 2. The lowest BCUT2D eigenvalue weighted by molar-refractivity contribution is -0.131. The van der Waals surface area contributed by atoms with Gasteiger partial charge in [0.05, 0.1) is 6.54 Å². The molecule has 32 heavy (non-hydrogen) atoms. The van der Waals surface area contributed by atoms with Crippen LogP contribution in [0, 0.1) is 5.92 Å². The Bertz CT molecular complexity index is 885. The van der Waals surface area contributed by atoms with Crippen molar-refractivity contribution in [3.63, 3.8) is 0 Å². The molecule has 1 aliphatic rings. The first-order valence-electron chi connectivity index (χ1n) is 10.8. The van der Waals surface area contributed by atoms with Crippen LogP contribution in [0.2, 0.25) is 0 Å². The zero-order valence-corrected chi connectivity index (χ0v) is 18.3. The second-order valence-electron chi connectivity index (χ2n) is 7.78. The number of amides is 1. The Kier molecular flexibility index (Phi) is 8.83. The Labute approximate surface area is 187 Å². The number of rotatable bonds is 8. The van der Waals surface area contributed by atoms with Gasteiger partial charge in [-0.3, -0.25) is 9.79 Å². The summed E-state index contributed by atoms with van der Waals surface area (Å²) in [6, 6.07) is 17.0. The minimum absolute atomic E-state index is 0.0209. The van der Waals surface area contributed by atoms with E-state index in [0.717, 1.165) is 32.4 Å². The molecule has 0 radical (unpaired) electrons. The molecule has 2 aromatic rings. The van der Waals surface area contributed by atoms with Gasteiger partial charge < -0.3 is 20.3 Å². The number of carbonyl (C=O) groups excluding carboxylic acids is 1. The van der Waals surface area contributed by atoms with Gasteiger partial charge in [-0.05, 0) is 36.8 Å². The molecule has 1 saturated heterocycles. The Morgan fingerprint density at radius 2 is 1.78 bits per heavy atom. The molecule has 172 valence electrons. The Morgan fingerprint density at radius 1 is 1.09 bits per heavy atom. The van der Waals surface area contributed by atoms with Crippen molar-refractivity contribution < 1.29 is 18.3 Å². The molecule has 2 N–H and O–H groups in total. The predicted molar refractivity (Wildman–Crippen MR) is 121 cm³/mol. The highest BCUT2D eigenvalue weighted by Gasteiger charge is 2.23. The van der Waals surface area contributed by atoms with Crippen molar-refractivity contribution in [3.05, 3.63) is 65.7 Å². The Morgan fingerprint density at radius 3 is 2.47 bits per heavy atom. The molecule has 0 spiro atoms. The lowest BCUT2D eigenvalue weighted by Crippen LogP contribution is -2.46. The SMILES string of the molecule is CN=C(NCC(=O)N1CCC(Cc2ccccc2)CC1)NCc1ccccc1OC(F)F. The van der Waals surface area contributed by atoms with Gasteiger partial charge in [0.2, 0.25) is 5.91 Å². The molecular formula is C24H30F2N4O2. The number of carbonyl (C=O) groups is 1. The third kappa shape index (κ3) is 7.21. The predicted octanol–water partition coefficient (Wildman–Crippen LogP) is 3.43. The smallest absolute Gasteiger partial charge is 0.387 e. The van der Waals surface area contributed by atoms with E-state index in [4.69, 9.17) is 0 Å². The lowest BCUT2D eigenvalue weighted by atomic mass is 9.90. The summed E-state index contributed by atoms with van der Waals surface area (Å²) in [5, 5.41) is 6.04. The first kappa shape index (κ1) is 23.5. The average molecular weight is 445 g/mol. The van der Waals surface area contributed by atoms with Crippen molar-refractivity contribution in [3.8, 4) is 5.75 Å². The topological polar surface area (TPSA) is 66.0 Å². The fraction of sp³-hybridized carbons (Fsp3) is 0.417. The zero-order valence-electron chi connectivity index (χ0n) is 18.3. The molecule has 1 fully saturated rings. The summed E-state index contributed by atoms with van der Waals surface area (Å²) >= 11 is 0. The number of aliphatic imine (C=N–C) groups is 1. The van der Waals surface area contributed by atoms with Crippen molar-refractivity contribution in [1.82, 2.24) is 15.5 Å². The molecule has 0 aliphatic carbocycles. The number of guanidine groups is 1. The Balaban J connectivity index is 1.41. The van der Waals surface area contributed by atoms with Crippen molar-refractivity contribution in [1.29, 1.82) is 0 Å². The maximum absolute atomic E-state index is 12.6. The number of hydrogen-bond acceptors (Lipinski definition) is 3. The van der Waals surface area contributed by atoms with E-state index in [9.17, 15) is 13.6 Å². The molecular weight excluding hydrogens is 414 g/mol. The van der Waals surface area contributed by atoms with Gasteiger partial charge in [0.15, 0.2) is 5.96 Å². The van der Waals surface area contributed by atoms with E-state index >= 15 is 0 Å². The largest absolute Gasteiger partial charge is 0.434 e. The highest BCUT2D eigenvalue weighted by Crippen LogP contribution is 2.22. The number of alkyl halides is 2. The van der Waals surface area contributed by atoms with Crippen LogP contribution in [-0.4, -0.2) is 50.1 Å². The van der Waals surface area contributed by atoms with Gasteiger partial charge >= 0.3 is 6.61 Å². The standard InChI is InChI=1S/C24H30F2N4O2/c1-27-24(28-16-20-9-5-6-10-21(20)32-23(25)26)29-17-22(31)30-13-11-19(12-14-30)15-18-7-3-2-4-8-18/h2-10,19,23H,11-17H2,1H3,(H2,27,28,29). The molecule has 2 aromatic carbocycles. The van der Waals surface area contributed by atoms with E-state index in [2.05, 4.69) is 44.6 Å². The number of nitrogens with one attached hydrogen (secondary N) is 2. The summed E-state index contributed by atoms with van der Waals surface area (Å²) in [4.78, 5) is 18.6. The minimum Gasteiger partial charge on any atom is -0.434 e. The fourth-order valence-electron chi connectivity index (χ4n) is 3.87. The van der Waals surface area contributed by atoms with Crippen molar-refractivity contribution in [2.45, 2.75) is 32.4 Å². The number of para-hydroxylation sites is 1. The number of ether oxygens (including phenoxy) is 1. The number of benzene rings is 2. The molecule has 6 nitrogen and oxygen atoms in total. The maximum atomic E-state index is 12.6. The Hall–Kier alpha value is -3.16.